The summed E-state index contributed by atoms with van der Waals surface area (Å²) in [5.41, 5.74) is 0. The van der Waals surface area contributed by atoms with Crippen LogP contribution in [0.5, 0.6) is 0 Å². The molecule has 0 bridgehead atoms. The number of unbranched alkanes of at least 4 members (excludes halogenated alkanes) is 4. The predicted octanol–water partition coefficient (Wildman–Crippen LogP) is 4.78. The number of allylic oxidation sites excluding steroid dienone is 1. The van der Waals surface area contributed by atoms with E-state index in [0.717, 1.165) is 18.9 Å². The molecule has 0 unspecified atom stereocenters. The summed E-state index contributed by atoms with van der Waals surface area (Å²) < 4.78 is 0. The maximum absolute atomic E-state index is 5.73. The minimum absolute atomic E-state index is 0.797. The molecule has 0 N–H and O–H groups in total. The van der Waals surface area contributed by atoms with Crippen molar-refractivity contribution >= 4 is 39.2 Å². The SMILES string of the molecule is C=CCCCCCC[Si](Cl)(Cl)Cl. The average Bonchev–Trinajstić information content (AvgIpc) is 1.94. The van der Waals surface area contributed by atoms with E-state index in [1.165, 1.54) is 19.3 Å². The fourth-order valence-electron chi connectivity index (χ4n) is 0.968. The minimum atomic E-state index is -2.33. The van der Waals surface area contributed by atoms with Crippen molar-refractivity contribution in [3.05, 3.63) is 12.7 Å². The van der Waals surface area contributed by atoms with Gasteiger partial charge in [-0.1, -0.05) is 25.3 Å². The van der Waals surface area contributed by atoms with Crippen LogP contribution in [0.25, 0.3) is 0 Å². The lowest BCUT2D eigenvalue weighted by molar-refractivity contribution is 0.673. The Balaban J connectivity index is 3.06. The first kappa shape index (κ1) is 12.8. The largest absolute Gasteiger partial charge is 0.341 e. The summed E-state index contributed by atoms with van der Waals surface area (Å²) in [6, 6.07) is -1.53. The van der Waals surface area contributed by atoms with Crippen molar-refractivity contribution in [1.82, 2.24) is 0 Å². The third kappa shape index (κ3) is 10.8. The smallest absolute Gasteiger partial charge is 0.126 e. The molecular formula is C8H15Cl3Si. The molecule has 0 saturated carbocycles. The topological polar surface area (TPSA) is 0 Å². The van der Waals surface area contributed by atoms with Gasteiger partial charge in [-0.15, -0.1) is 39.8 Å². The van der Waals surface area contributed by atoms with Crippen LogP contribution in [0.1, 0.15) is 32.1 Å². The van der Waals surface area contributed by atoms with Gasteiger partial charge in [-0.2, -0.15) is 0 Å². The first-order chi connectivity index (χ1) is 5.56. The monoisotopic (exact) mass is 244 g/mol. The molecule has 0 aliphatic carbocycles. The molecule has 0 rings (SSSR count). The van der Waals surface area contributed by atoms with Crippen molar-refractivity contribution in [2.24, 2.45) is 0 Å². The molecule has 0 atom stereocenters. The Hall–Kier alpha value is 0.827. The molecule has 0 aromatic rings. The third-order valence-corrected chi connectivity index (χ3v) is 4.24. The Labute approximate surface area is 90.0 Å². The molecule has 0 fully saturated rings. The first-order valence-electron chi connectivity index (χ1n) is 4.24. The van der Waals surface area contributed by atoms with Gasteiger partial charge in [-0.3, -0.25) is 0 Å². The van der Waals surface area contributed by atoms with E-state index in [9.17, 15) is 0 Å². The van der Waals surface area contributed by atoms with Crippen LogP contribution in [0.4, 0.5) is 0 Å². The van der Waals surface area contributed by atoms with E-state index in [0.29, 0.717) is 0 Å². The molecule has 0 aliphatic rings. The van der Waals surface area contributed by atoms with Crippen LogP contribution in [0.2, 0.25) is 6.04 Å². The molecule has 0 amide bonds. The standard InChI is InChI=1S/C8H15Cl3Si/c1-2-3-4-5-6-7-8-12(9,10)11/h2H,1,3-8H2. The van der Waals surface area contributed by atoms with E-state index in [2.05, 4.69) is 6.58 Å². The molecule has 0 aromatic heterocycles. The van der Waals surface area contributed by atoms with E-state index >= 15 is 0 Å². The van der Waals surface area contributed by atoms with Crippen molar-refractivity contribution in [2.75, 3.05) is 0 Å². The van der Waals surface area contributed by atoms with Crippen LogP contribution >= 0.6 is 33.2 Å². The number of halogens is 3. The summed E-state index contributed by atoms with van der Waals surface area (Å²) in [5, 5.41) is 0. The van der Waals surface area contributed by atoms with Crippen LogP contribution in [0.3, 0.4) is 0 Å². The molecule has 12 heavy (non-hydrogen) atoms. The van der Waals surface area contributed by atoms with Crippen molar-refractivity contribution in [2.45, 2.75) is 38.1 Å². The zero-order valence-electron chi connectivity index (χ0n) is 7.16. The minimum Gasteiger partial charge on any atom is -0.126 e. The lowest BCUT2D eigenvalue weighted by atomic mass is 10.1. The van der Waals surface area contributed by atoms with Crippen LogP contribution < -0.4 is 0 Å². The highest BCUT2D eigenvalue weighted by atomic mass is 35.8. The molecule has 4 heteroatoms. The predicted molar refractivity (Wildman–Crippen MR) is 61.4 cm³/mol. The second-order valence-electron chi connectivity index (χ2n) is 2.86. The van der Waals surface area contributed by atoms with Crippen molar-refractivity contribution < 1.29 is 0 Å². The van der Waals surface area contributed by atoms with Gasteiger partial charge in [0.25, 0.3) is 0 Å². The lowest BCUT2D eigenvalue weighted by Gasteiger charge is -2.06. The summed E-state index contributed by atoms with van der Waals surface area (Å²) in [6.07, 6.45) is 7.72. The highest BCUT2D eigenvalue weighted by Gasteiger charge is 2.23. The third-order valence-electron chi connectivity index (χ3n) is 1.62. The fraction of sp³-hybridized carbons (Fsp3) is 0.750. The van der Waals surface area contributed by atoms with Gasteiger partial charge in [0.05, 0.1) is 0 Å². The summed E-state index contributed by atoms with van der Waals surface area (Å²) in [7, 11) is 0. The number of hydrogen-bond donors (Lipinski definition) is 0. The molecular weight excluding hydrogens is 231 g/mol. The summed E-state index contributed by atoms with van der Waals surface area (Å²) in [4.78, 5) is 0. The summed E-state index contributed by atoms with van der Waals surface area (Å²) in [6.45, 7) is 3.66. The summed E-state index contributed by atoms with van der Waals surface area (Å²) in [5.74, 6) is 0. The highest BCUT2D eigenvalue weighted by molar-refractivity contribution is 7.64. The van der Waals surface area contributed by atoms with Crippen molar-refractivity contribution in [1.29, 1.82) is 0 Å². The van der Waals surface area contributed by atoms with Crippen LogP contribution in [0.15, 0.2) is 12.7 Å². The maximum Gasteiger partial charge on any atom is 0.341 e. The van der Waals surface area contributed by atoms with Crippen LogP contribution in [0, 0.1) is 0 Å². The van der Waals surface area contributed by atoms with Gasteiger partial charge < -0.3 is 0 Å². The number of hydrogen-bond acceptors (Lipinski definition) is 0. The highest BCUT2D eigenvalue weighted by Crippen LogP contribution is 2.27. The molecule has 0 nitrogen and oxygen atoms in total. The lowest BCUT2D eigenvalue weighted by Crippen LogP contribution is -2.07. The Morgan fingerprint density at radius 2 is 1.58 bits per heavy atom. The van der Waals surface area contributed by atoms with Crippen LogP contribution in [-0.4, -0.2) is 6.00 Å². The van der Waals surface area contributed by atoms with Crippen molar-refractivity contribution in [3.63, 3.8) is 0 Å². The van der Waals surface area contributed by atoms with Gasteiger partial charge in [0, 0.05) is 0 Å². The Bertz CT molecular complexity index is 120. The zero-order chi connectivity index (χ0) is 9.45. The molecule has 0 spiro atoms. The molecule has 0 saturated heterocycles. The Morgan fingerprint density at radius 3 is 2.08 bits per heavy atom. The quantitative estimate of drug-likeness (QED) is 0.262. The van der Waals surface area contributed by atoms with Gasteiger partial charge in [0.2, 0.25) is 0 Å². The van der Waals surface area contributed by atoms with E-state index < -0.39 is 6.00 Å². The molecule has 0 heterocycles. The zero-order valence-corrected chi connectivity index (χ0v) is 10.4. The van der Waals surface area contributed by atoms with E-state index in [1.54, 1.807) is 0 Å². The van der Waals surface area contributed by atoms with Gasteiger partial charge in [-0.05, 0) is 18.9 Å². The van der Waals surface area contributed by atoms with Crippen LogP contribution in [-0.2, 0) is 0 Å². The molecule has 0 aromatic carbocycles. The molecule has 0 radical (unpaired) electrons. The molecule has 0 aliphatic heterocycles. The van der Waals surface area contributed by atoms with Gasteiger partial charge in [0.1, 0.15) is 0 Å². The first-order valence-corrected chi connectivity index (χ1v) is 9.48. The van der Waals surface area contributed by atoms with E-state index in [-0.39, 0.29) is 0 Å². The Morgan fingerprint density at radius 1 is 1.00 bits per heavy atom. The molecule has 72 valence electrons. The van der Waals surface area contributed by atoms with Gasteiger partial charge in [-0.25, -0.2) is 0 Å². The van der Waals surface area contributed by atoms with E-state index in [4.69, 9.17) is 33.2 Å². The summed E-state index contributed by atoms with van der Waals surface area (Å²) >= 11 is 17.2. The Kier molecular flexibility index (Phi) is 7.75. The normalized spacial score (nSPS) is 11.6. The van der Waals surface area contributed by atoms with Crippen molar-refractivity contribution in [3.8, 4) is 0 Å². The average molecular weight is 246 g/mol. The maximum atomic E-state index is 5.73. The fourth-order valence-corrected chi connectivity index (χ4v) is 2.82. The van der Waals surface area contributed by atoms with E-state index in [1.807, 2.05) is 6.08 Å². The van der Waals surface area contributed by atoms with Gasteiger partial charge in [0.15, 0.2) is 0 Å². The second kappa shape index (κ2) is 7.25. The second-order valence-corrected chi connectivity index (χ2v) is 12.1. The number of rotatable bonds is 7. The van der Waals surface area contributed by atoms with Gasteiger partial charge >= 0.3 is 6.00 Å².